The third-order valence-corrected chi connectivity index (χ3v) is 7.91. The fourth-order valence-electron chi connectivity index (χ4n) is 3.34. The van der Waals surface area contributed by atoms with E-state index < -0.39 is 0 Å². The molecule has 1 aromatic heterocycles. The largest absolute Gasteiger partial charge is 0.302 e. The Labute approximate surface area is 198 Å². The predicted molar refractivity (Wildman–Crippen MR) is 136 cm³/mol. The molecular weight excluding hydrogens is 446 g/mol. The Bertz CT molecular complexity index is 977. The lowest BCUT2D eigenvalue weighted by Gasteiger charge is -2.24. The molecule has 0 radical (unpaired) electrons. The molecule has 31 heavy (non-hydrogen) atoms. The number of amides is 1. The number of halogens is 1. The summed E-state index contributed by atoms with van der Waals surface area (Å²) in [7, 11) is 0. The van der Waals surface area contributed by atoms with Gasteiger partial charge in [-0.1, -0.05) is 60.5 Å². The highest BCUT2D eigenvalue weighted by Gasteiger charge is 2.21. The second-order valence-electron chi connectivity index (χ2n) is 7.52. The van der Waals surface area contributed by atoms with E-state index in [1.54, 1.807) is 11.8 Å². The van der Waals surface area contributed by atoms with Crippen LogP contribution in [-0.4, -0.2) is 47.7 Å². The first-order chi connectivity index (χ1) is 14.9. The van der Waals surface area contributed by atoms with Crippen LogP contribution in [0, 0.1) is 13.8 Å². The molecule has 0 atom stereocenters. The van der Waals surface area contributed by atoms with E-state index in [1.165, 1.54) is 21.8 Å². The fourth-order valence-corrected chi connectivity index (χ4v) is 5.54. The van der Waals surface area contributed by atoms with Gasteiger partial charge in [-0.15, -0.1) is 11.8 Å². The van der Waals surface area contributed by atoms with Crippen molar-refractivity contribution in [2.45, 2.75) is 39.0 Å². The van der Waals surface area contributed by atoms with Crippen molar-refractivity contribution in [2.24, 2.45) is 0 Å². The Hall–Kier alpha value is -1.60. The Morgan fingerprint density at radius 2 is 1.77 bits per heavy atom. The summed E-state index contributed by atoms with van der Waals surface area (Å²) in [6.07, 6.45) is 0.472. The van der Waals surface area contributed by atoms with E-state index in [1.807, 2.05) is 24.0 Å². The molecule has 166 valence electrons. The Morgan fingerprint density at radius 3 is 2.42 bits per heavy atom. The highest BCUT2D eigenvalue weighted by Crippen LogP contribution is 2.36. The minimum Gasteiger partial charge on any atom is -0.302 e. The van der Waals surface area contributed by atoms with E-state index >= 15 is 0 Å². The van der Waals surface area contributed by atoms with Crippen LogP contribution in [0.1, 0.15) is 31.4 Å². The summed E-state index contributed by atoms with van der Waals surface area (Å²) in [6, 6.07) is 12.3. The molecule has 0 aliphatic carbocycles. The van der Waals surface area contributed by atoms with Crippen LogP contribution in [0.3, 0.4) is 0 Å². The van der Waals surface area contributed by atoms with Gasteiger partial charge in [0.2, 0.25) is 5.91 Å². The van der Waals surface area contributed by atoms with Crippen molar-refractivity contribution in [2.75, 3.05) is 36.8 Å². The topological polar surface area (TPSA) is 36.4 Å². The minimum atomic E-state index is 0.111. The molecule has 1 amide bonds. The number of likely N-dealkylation sites (N-methyl/N-ethyl adjacent to an activating group) is 1. The normalized spacial score (nSPS) is 11.4. The summed E-state index contributed by atoms with van der Waals surface area (Å²) in [4.78, 5) is 23.4. The summed E-state index contributed by atoms with van der Waals surface area (Å²) < 4.78 is 0.950. The van der Waals surface area contributed by atoms with Crippen molar-refractivity contribution in [1.29, 1.82) is 0 Å². The first-order valence-electron chi connectivity index (χ1n) is 10.7. The van der Waals surface area contributed by atoms with Crippen LogP contribution in [0.5, 0.6) is 0 Å². The van der Waals surface area contributed by atoms with Crippen LogP contribution in [0.15, 0.2) is 41.3 Å². The molecule has 0 aliphatic rings. The second kappa shape index (κ2) is 11.3. The van der Waals surface area contributed by atoms with Crippen molar-refractivity contribution in [1.82, 2.24) is 9.88 Å². The summed E-state index contributed by atoms with van der Waals surface area (Å²) in [5, 5.41) is 1.43. The molecule has 7 heteroatoms. The minimum absolute atomic E-state index is 0.111. The van der Waals surface area contributed by atoms with E-state index in [2.05, 4.69) is 49.9 Å². The van der Waals surface area contributed by atoms with Crippen LogP contribution in [0.4, 0.5) is 5.13 Å². The van der Waals surface area contributed by atoms with Crippen molar-refractivity contribution in [3.8, 4) is 0 Å². The SMILES string of the molecule is CCN(CC)CCN(C(=O)CCSc1ccc(C)cc1)c1nc2c(C)ccc(Cl)c2s1. The molecular formula is C24H30ClN3OS2. The number of benzene rings is 2. The molecule has 3 rings (SSSR count). The van der Waals surface area contributed by atoms with Crippen LogP contribution < -0.4 is 4.90 Å². The van der Waals surface area contributed by atoms with Gasteiger partial charge in [0, 0.05) is 30.2 Å². The van der Waals surface area contributed by atoms with Crippen LogP contribution in [0.25, 0.3) is 10.2 Å². The molecule has 0 aliphatic heterocycles. The number of aromatic nitrogens is 1. The maximum absolute atomic E-state index is 13.3. The number of hydrogen-bond donors (Lipinski definition) is 0. The van der Waals surface area contributed by atoms with E-state index in [0.717, 1.165) is 46.3 Å². The van der Waals surface area contributed by atoms with Gasteiger partial charge in [0.1, 0.15) is 0 Å². The van der Waals surface area contributed by atoms with Crippen molar-refractivity contribution < 1.29 is 4.79 Å². The molecule has 4 nitrogen and oxygen atoms in total. The smallest absolute Gasteiger partial charge is 0.229 e. The molecule has 0 fully saturated rings. The highest BCUT2D eigenvalue weighted by molar-refractivity contribution is 7.99. The van der Waals surface area contributed by atoms with Gasteiger partial charge in [-0.25, -0.2) is 4.98 Å². The fraction of sp³-hybridized carbons (Fsp3) is 0.417. The Balaban J connectivity index is 1.77. The lowest BCUT2D eigenvalue weighted by molar-refractivity contribution is -0.118. The standard InChI is InChI=1S/C24H30ClN3OS2/c1-5-27(6-2)14-15-28(21(29)13-16-30-19-10-7-17(3)8-11-19)24-26-22-18(4)9-12-20(25)23(22)31-24/h7-12H,5-6,13-16H2,1-4H3. The van der Waals surface area contributed by atoms with Gasteiger partial charge < -0.3 is 4.90 Å². The quantitative estimate of drug-likeness (QED) is 0.317. The number of anilines is 1. The van der Waals surface area contributed by atoms with Crippen LogP contribution in [-0.2, 0) is 4.79 Å². The van der Waals surface area contributed by atoms with Gasteiger partial charge in [0.05, 0.1) is 15.2 Å². The zero-order valence-electron chi connectivity index (χ0n) is 18.7. The molecule has 0 saturated heterocycles. The third kappa shape index (κ3) is 6.22. The lowest BCUT2D eigenvalue weighted by Crippen LogP contribution is -2.39. The Morgan fingerprint density at radius 1 is 1.06 bits per heavy atom. The first-order valence-corrected chi connectivity index (χ1v) is 12.9. The molecule has 0 saturated carbocycles. The second-order valence-corrected chi connectivity index (χ2v) is 10.1. The van der Waals surface area contributed by atoms with E-state index in [9.17, 15) is 4.79 Å². The zero-order chi connectivity index (χ0) is 22.4. The van der Waals surface area contributed by atoms with Crippen LogP contribution >= 0.6 is 34.7 Å². The van der Waals surface area contributed by atoms with E-state index in [-0.39, 0.29) is 5.91 Å². The molecule has 2 aromatic carbocycles. The summed E-state index contributed by atoms with van der Waals surface area (Å²) >= 11 is 9.64. The highest BCUT2D eigenvalue weighted by atomic mass is 35.5. The zero-order valence-corrected chi connectivity index (χ0v) is 21.0. The number of carbonyl (C=O) groups is 1. The molecule has 0 spiro atoms. The molecule has 0 unspecified atom stereocenters. The number of carbonyl (C=O) groups excluding carboxylic acids is 1. The van der Waals surface area contributed by atoms with Crippen molar-refractivity contribution >= 4 is 56.0 Å². The van der Waals surface area contributed by atoms with Gasteiger partial charge in [0.15, 0.2) is 5.13 Å². The molecule has 0 N–H and O–H groups in total. The van der Waals surface area contributed by atoms with Crippen molar-refractivity contribution in [3.05, 3.63) is 52.5 Å². The monoisotopic (exact) mass is 475 g/mol. The summed E-state index contributed by atoms with van der Waals surface area (Å²) in [5.74, 6) is 0.855. The van der Waals surface area contributed by atoms with Gasteiger partial charge in [0.25, 0.3) is 0 Å². The average molecular weight is 476 g/mol. The number of nitrogens with zero attached hydrogens (tertiary/aromatic N) is 3. The maximum atomic E-state index is 13.3. The van der Waals surface area contributed by atoms with Crippen molar-refractivity contribution in [3.63, 3.8) is 0 Å². The third-order valence-electron chi connectivity index (χ3n) is 5.36. The van der Waals surface area contributed by atoms with E-state index in [0.29, 0.717) is 18.0 Å². The number of thioether (sulfide) groups is 1. The Kier molecular flexibility index (Phi) is 8.78. The van der Waals surface area contributed by atoms with Gasteiger partial charge in [-0.05, 0) is 50.7 Å². The molecule has 0 bridgehead atoms. The number of hydrogen-bond acceptors (Lipinski definition) is 5. The first kappa shape index (κ1) is 24.1. The van der Waals surface area contributed by atoms with E-state index in [4.69, 9.17) is 16.6 Å². The summed E-state index contributed by atoms with van der Waals surface area (Å²) in [6.45, 7) is 11.8. The number of fused-ring (bicyclic) bond motifs is 1. The molecule has 1 heterocycles. The maximum Gasteiger partial charge on any atom is 0.229 e. The van der Waals surface area contributed by atoms with Gasteiger partial charge in [-0.2, -0.15) is 0 Å². The number of aryl methyl sites for hydroxylation is 2. The summed E-state index contributed by atoms with van der Waals surface area (Å²) in [5.41, 5.74) is 3.21. The molecule has 3 aromatic rings. The number of thiazole rings is 1. The average Bonchev–Trinajstić information content (AvgIpc) is 3.22. The predicted octanol–water partition coefficient (Wildman–Crippen LogP) is 6.42. The lowest BCUT2D eigenvalue weighted by atomic mass is 10.2. The van der Waals surface area contributed by atoms with Gasteiger partial charge in [-0.3, -0.25) is 9.69 Å². The number of rotatable bonds is 10. The van der Waals surface area contributed by atoms with Gasteiger partial charge >= 0.3 is 0 Å². The van der Waals surface area contributed by atoms with Crippen LogP contribution in [0.2, 0.25) is 5.02 Å².